The zero-order valence-electron chi connectivity index (χ0n) is 13.2. The highest BCUT2D eigenvalue weighted by Gasteiger charge is 2.31. The summed E-state index contributed by atoms with van der Waals surface area (Å²) in [6.07, 6.45) is -2.45. The number of aryl methyl sites for hydroxylation is 1. The van der Waals surface area contributed by atoms with Gasteiger partial charge in [0, 0.05) is 17.5 Å². The van der Waals surface area contributed by atoms with E-state index in [9.17, 15) is 22.8 Å². The second-order valence-corrected chi connectivity index (χ2v) is 5.34. The van der Waals surface area contributed by atoms with Gasteiger partial charge in [-0.3, -0.25) is 9.59 Å². The van der Waals surface area contributed by atoms with Crippen molar-refractivity contribution in [3.05, 3.63) is 47.3 Å². The highest BCUT2D eigenvalue weighted by atomic mass is 19.4. The molecule has 0 aliphatic rings. The fourth-order valence-electron chi connectivity index (χ4n) is 2.25. The van der Waals surface area contributed by atoms with Crippen LogP contribution in [0.5, 0.6) is 0 Å². The number of H-pyrrole nitrogens is 1. The standard InChI is InChI=1S/C17H16F3NO3/c1-10(22)11-5-12(7-14(6-11)17(18,19)20)13-8-15(21-9-13)3-4-16(23)24-2/h5-9,21H,3-4H2,1-2H3. The molecular weight excluding hydrogens is 323 g/mol. The molecule has 0 bridgehead atoms. The zero-order valence-corrected chi connectivity index (χ0v) is 13.2. The molecule has 0 amide bonds. The maximum Gasteiger partial charge on any atom is 0.416 e. The first-order valence-electron chi connectivity index (χ1n) is 7.18. The highest BCUT2D eigenvalue weighted by molar-refractivity contribution is 5.95. The molecule has 1 N–H and O–H groups in total. The molecule has 24 heavy (non-hydrogen) atoms. The summed E-state index contributed by atoms with van der Waals surface area (Å²) in [4.78, 5) is 25.6. The van der Waals surface area contributed by atoms with Crippen molar-refractivity contribution in [1.29, 1.82) is 0 Å². The monoisotopic (exact) mass is 339 g/mol. The average Bonchev–Trinajstić information content (AvgIpc) is 3.00. The van der Waals surface area contributed by atoms with Gasteiger partial charge in [-0.1, -0.05) is 0 Å². The SMILES string of the molecule is COC(=O)CCc1cc(-c2cc(C(C)=O)cc(C(F)(F)F)c2)c[nH]1. The topological polar surface area (TPSA) is 59.2 Å². The molecule has 0 atom stereocenters. The van der Waals surface area contributed by atoms with E-state index in [2.05, 4.69) is 9.72 Å². The van der Waals surface area contributed by atoms with Crippen molar-refractivity contribution in [3.63, 3.8) is 0 Å². The molecule has 0 aliphatic heterocycles. The smallest absolute Gasteiger partial charge is 0.416 e. The van der Waals surface area contributed by atoms with Gasteiger partial charge in [-0.25, -0.2) is 0 Å². The number of hydrogen-bond acceptors (Lipinski definition) is 3. The van der Waals surface area contributed by atoms with Crippen molar-refractivity contribution in [1.82, 2.24) is 4.98 Å². The third-order valence-corrected chi connectivity index (χ3v) is 3.57. The van der Waals surface area contributed by atoms with Crippen LogP contribution in [-0.4, -0.2) is 23.8 Å². The van der Waals surface area contributed by atoms with Crippen LogP contribution in [0.2, 0.25) is 0 Å². The van der Waals surface area contributed by atoms with E-state index < -0.39 is 17.5 Å². The number of ketones is 1. The number of aromatic nitrogens is 1. The normalized spacial score (nSPS) is 11.4. The summed E-state index contributed by atoms with van der Waals surface area (Å²) in [7, 11) is 1.29. The predicted octanol–water partition coefficient (Wildman–Crippen LogP) is 4.01. The number of rotatable bonds is 5. The zero-order chi connectivity index (χ0) is 17.9. The van der Waals surface area contributed by atoms with Gasteiger partial charge in [-0.05, 0) is 48.7 Å². The van der Waals surface area contributed by atoms with Gasteiger partial charge < -0.3 is 9.72 Å². The lowest BCUT2D eigenvalue weighted by atomic mass is 9.99. The maximum absolute atomic E-state index is 13.0. The van der Waals surface area contributed by atoms with Crippen LogP contribution in [0, 0.1) is 0 Å². The van der Waals surface area contributed by atoms with Crippen LogP contribution in [0.25, 0.3) is 11.1 Å². The number of Topliss-reactive ketones (excluding diaryl/α,β-unsaturated/α-hetero) is 1. The fourth-order valence-corrected chi connectivity index (χ4v) is 2.25. The second kappa shape index (κ2) is 6.90. The summed E-state index contributed by atoms with van der Waals surface area (Å²) in [5, 5.41) is 0. The summed E-state index contributed by atoms with van der Waals surface area (Å²) in [5.74, 6) is -0.812. The Balaban J connectivity index is 2.34. The van der Waals surface area contributed by atoms with Crippen molar-refractivity contribution in [3.8, 4) is 11.1 Å². The van der Waals surface area contributed by atoms with E-state index in [0.29, 0.717) is 17.7 Å². The first-order valence-corrected chi connectivity index (χ1v) is 7.18. The Labute approximate surface area is 136 Å². The van der Waals surface area contributed by atoms with Crippen molar-refractivity contribution in [2.75, 3.05) is 7.11 Å². The van der Waals surface area contributed by atoms with Gasteiger partial charge >= 0.3 is 12.1 Å². The van der Waals surface area contributed by atoms with E-state index in [1.807, 2.05) is 0 Å². The minimum atomic E-state index is -4.54. The third-order valence-electron chi connectivity index (χ3n) is 3.57. The Morgan fingerprint density at radius 2 is 1.83 bits per heavy atom. The molecule has 2 aromatic rings. The van der Waals surface area contributed by atoms with Gasteiger partial charge in [0.15, 0.2) is 5.78 Å². The van der Waals surface area contributed by atoms with Crippen LogP contribution >= 0.6 is 0 Å². The van der Waals surface area contributed by atoms with Crippen molar-refractivity contribution in [2.45, 2.75) is 25.9 Å². The molecule has 1 heterocycles. The van der Waals surface area contributed by atoms with Crippen molar-refractivity contribution < 1.29 is 27.5 Å². The molecule has 0 fully saturated rings. The number of hydrogen-bond donors (Lipinski definition) is 1. The molecule has 1 aromatic heterocycles. The summed E-state index contributed by atoms with van der Waals surface area (Å²) in [6, 6.07) is 4.92. The number of nitrogens with one attached hydrogen (secondary N) is 1. The van der Waals surface area contributed by atoms with Crippen LogP contribution in [0.15, 0.2) is 30.5 Å². The van der Waals surface area contributed by atoms with E-state index in [1.54, 1.807) is 12.3 Å². The van der Waals surface area contributed by atoms with Crippen LogP contribution in [0.4, 0.5) is 13.2 Å². The molecular formula is C17H16F3NO3. The highest BCUT2D eigenvalue weighted by Crippen LogP contribution is 2.34. The van der Waals surface area contributed by atoms with Crippen molar-refractivity contribution >= 4 is 11.8 Å². The minimum absolute atomic E-state index is 0.00265. The van der Waals surface area contributed by atoms with E-state index >= 15 is 0 Å². The van der Waals surface area contributed by atoms with Crippen molar-refractivity contribution in [2.24, 2.45) is 0 Å². The Bertz CT molecular complexity index is 763. The quantitative estimate of drug-likeness (QED) is 0.661. The number of esters is 1. The molecule has 0 saturated carbocycles. The maximum atomic E-state index is 13.0. The lowest BCUT2D eigenvalue weighted by Gasteiger charge is -2.10. The number of methoxy groups -OCH3 is 1. The van der Waals surface area contributed by atoms with Crippen LogP contribution in [0.1, 0.15) is 35.0 Å². The number of ether oxygens (including phenoxy) is 1. The molecule has 4 nitrogen and oxygen atoms in total. The lowest BCUT2D eigenvalue weighted by Crippen LogP contribution is -2.07. The Morgan fingerprint density at radius 1 is 1.12 bits per heavy atom. The predicted molar refractivity (Wildman–Crippen MR) is 81.6 cm³/mol. The van der Waals surface area contributed by atoms with Gasteiger partial charge in [0.1, 0.15) is 0 Å². The van der Waals surface area contributed by atoms with E-state index in [4.69, 9.17) is 0 Å². The fraction of sp³-hybridized carbons (Fsp3) is 0.294. The molecule has 2 rings (SSSR count). The minimum Gasteiger partial charge on any atom is -0.469 e. The van der Waals surface area contributed by atoms with Gasteiger partial charge in [-0.15, -0.1) is 0 Å². The molecule has 128 valence electrons. The van der Waals surface area contributed by atoms with E-state index in [-0.39, 0.29) is 23.5 Å². The molecule has 0 unspecified atom stereocenters. The molecule has 0 aliphatic carbocycles. The van der Waals surface area contributed by atoms with Crippen LogP contribution in [-0.2, 0) is 22.1 Å². The van der Waals surface area contributed by atoms with Crippen LogP contribution < -0.4 is 0 Å². The second-order valence-electron chi connectivity index (χ2n) is 5.34. The molecule has 0 saturated heterocycles. The Hall–Kier alpha value is -2.57. The summed E-state index contributed by atoms with van der Waals surface area (Å²) >= 11 is 0. The summed E-state index contributed by atoms with van der Waals surface area (Å²) in [5.41, 5.74) is 0.621. The third kappa shape index (κ3) is 4.24. The van der Waals surface area contributed by atoms with E-state index in [1.165, 1.54) is 20.1 Å². The largest absolute Gasteiger partial charge is 0.469 e. The van der Waals surface area contributed by atoms with Gasteiger partial charge in [0.05, 0.1) is 19.1 Å². The molecule has 0 radical (unpaired) electrons. The lowest BCUT2D eigenvalue weighted by molar-refractivity contribution is -0.140. The van der Waals surface area contributed by atoms with Gasteiger partial charge in [-0.2, -0.15) is 13.2 Å². The molecule has 1 aromatic carbocycles. The summed E-state index contributed by atoms with van der Waals surface area (Å²) in [6.45, 7) is 1.22. The van der Waals surface area contributed by atoms with Crippen LogP contribution in [0.3, 0.4) is 0 Å². The first-order chi connectivity index (χ1) is 11.2. The van der Waals surface area contributed by atoms with Gasteiger partial charge in [0.25, 0.3) is 0 Å². The van der Waals surface area contributed by atoms with E-state index in [0.717, 1.165) is 12.1 Å². The number of benzene rings is 1. The number of carbonyl (C=O) groups is 2. The Morgan fingerprint density at radius 3 is 2.42 bits per heavy atom. The van der Waals surface area contributed by atoms with Gasteiger partial charge in [0.2, 0.25) is 0 Å². The number of carbonyl (C=O) groups excluding carboxylic acids is 2. The molecule has 0 spiro atoms. The molecule has 7 heteroatoms. The average molecular weight is 339 g/mol. The first kappa shape index (κ1) is 17.8. The number of halogens is 3. The number of aromatic amines is 1. The summed E-state index contributed by atoms with van der Waals surface area (Å²) < 4.78 is 43.6. The number of alkyl halides is 3. The Kier molecular flexibility index (Phi) is 5.11.